The van der Waals surface area contributed by atoms with E-state index in [1.165, 1.54) is 0 Å². The molecule has 30 heavy (non-hydrogen) atoms. The molecule has 0 unspecified atom stereocenters. The highest BCUT2D eigenvalue weighted by molar-refractivity contribution is 5.80. The third kappa shape index (κ3) is 5.33. The topological polar surface area (TPSA) is 94.8 Å². The first-order valence-electron chi connectivity index (χ1n) is 9.76. The summed E-state index contributed by atoms with van der Waals surface area (Å²) in [6.45, 7) is -0.0104. The third-order valence-corrected chi connectivity index (χ3v) is 5.30. The zero-order valence-corrected chi connectivity index (χ0v) is 16.4. The predicted molar refractivity (Wildman–Crippen MR) is 114 cm³/mol. The molecule has 3 rings (SSSR count). The lowest BCUT2D eigenvalue weighted by Crippen LogP contribution is -2.33. The van der Waals surface area contributed by atoms with Crippen molar-refractivity contribution >= 4 is 11.9 Å². The second-order valence-corrected chi connectivity index (χ2v) is 7.34. The van der Waals surface area contributed by atoms with Gasteiger partial charge in [-0.3, -0.25) is 9.59 Å². The van der Waals surface area contributed by atoms with Gasteiger partial charge in [-0.2, -0.15) is 0 Å². The van der Waals surface area contributed by atoms with Crippen LogP contribution in [0.25, 0.3) is 11.1 Å². The number of carboxylic acids is 2. The Morgan fingerprint density at radius 2 is 1.00 bits per heavy atom. The number of rotatable bonds is 9. The summed E-state index contributed by atoms with van der Waals surface area (Å²) in [5.41, 5.74) is 4.36. The highest BCUT2D eigenvalue weighted by atomic mass is 16.4. The van der Waals surface area contributed by atoms with E-state index in [4.69, 9.17) is 5.11 Å². The summed E-state index contributed by atoms with van der Waals surface area (Å²) in [7, 11) is 0. The van der Waals surface area contributed by atoms with Crippen LogP contribution >= 0.6 is 0 Å². The van der Waals surface area contributed by atoms with Crippen molar-refractivity contribution in [3.05, 3.63) is 95.6 Å². The molecule has 0 saturated heterocycles. The maximum Gasteiger partial charge on any atom is 0.307 e. The molecule has 0 amide bonds. The van der Waals surface area contributed by atoms with Gasteiger partial charge in [0.25, 0.3) is 0 Å². The van der Waals surface area contributed by atoms with Crippen LogP contribution in [0.1, 0.15) is 16.7 Å². The highest BCUT2D eigenvalue weighted by Crippen LogP contribution is 2.25. The summed E-state index contributed by atoms with van der Waals surface area (Å²) < 4.78 is 0. The van der Waals surface area contributed by atoms with E-state index >= 15 is 0 Å². The third-order valence-electron chi connectivity index (χ3n) is 5.30. The van der Waals surface area contributed by atoms with Crippen molar-refractivity contribution in [3.8, 4) is 11.1 Å². The van der Waals surface area contributed by atoms with Gasteiger partial charge in [-0.25, -0.2) is 0 Å². The van der Waals surface area contributed by atoms with Crippen LogP contribution in [0, 0.1) is 11.8 Å². The van der Waals surface area contributed by atoms with Gasteiger partial charge in [0.1, 0.15) is 0 Å². The van der Waals surface area contributed by atoms with Crippen molar-refractivity contribution in [2.75, 3.05) is 0 Å². The Kier molecular flexibility index (Phi) is 6.99. The molecule has 0 fully saturated rings. The molecule has 0 bridgehead atoms. The molecule has 2 atom stereocenters. The van der Waals surface area contributed by atoms with Gasteiger partial charge in [0.15, 0.2) is 0 Å². The van der Waals surface area contributed by atoms with Crippen LogP contribution < -0.4 is 0 Å². The van der Waals surface area contributed by atoms with Gasteiger partial charge in [-0.1, -0.05) is 78.9 Å². The van der Waals surface area contributed by atoms with Crippen LogP contribution in [0.2, 0.25) is 0 Å². The van der Waals surface area contributed by atoms with Gasteiger partial charge in [0, 0.05) is 0 Å². The SMILES string of the molecule is O=C(O)[C@@H](Cc1ccccc1)[C@H](Cc1ccc(-c2ccc(CO)cc2)cc1)C(=O)O. The van der Waals surface area contributed by atoms with Crippen LogP contribution in [-0.4, -0.2) is 27.3 Å². The molecule has 154 valence electrons. The minimum atomic E-state index is -1.11. The molecule has 0 aliphatic rings. The van der Waals surface area contributed by atoms with E-state index in [0.29, 0.717) is 0 Å². The lowest BCUT2D eigenvalue weighted by molar-refractivity contribution is -0.153. The molecule has 0 aliphatic heterocycles. The highest BCUT2D eigenvalue weighted by Gasteiger charge is 2.34. The summed E-state index contributed by atoms with van der Waals surface area (Å²) in [5.74, 6) is -4.26. The van der Waals surface area contributed by atoms with Gasteiger partial charge < -0.3 is 15.3 Å². The van der Waals surface area contributed by atoms with Crippen molar-refractivity contribution in [2.45, 2.75) is 19.4 Å². The molecular weight excluding hydrogens is 380 g/mol. The molecule has 5 heteroatoms. The number of aliphatic hydroxyl groups excluding tert-OH is 1. The first-order valence-corrected chi connectivity index (χ1v) is 9.76. The van der Waals surface area contributed by atoms with Gasteiger partial charge in [-0.15, -0.1) is 0 Å². The van der Waals surface area contributed by atoms with Crippen molar-refractivity contribution in [3.63, 3.8) is 0 Å². The second kappa shape index (κ2) is 9.85. The van der Waals surface area contributed by atoms with Crippen molar-refractivity contribution in [1.82, 2.24) is 0 Å². The molecule has 0 spiro atoms. The number of benzene rings is 3. The van der Waals surface area contributed by atoms with Gasteiger partial charge in [-0.05, 0) is 40.7 Å². The summed E-state index contributed by atoms with van der Waals surface area (Å²) in [5, 5.41) is 28.6. The first-order chi connectivity index (χ1) is 14.5. The van der Waals surface area contributed by atoms with Gasteiger partial charge >= 0.3 is 11.9 Å². The summed E-state index contributed by atoms with van der Waals surface area (Å²) >= 11 is 0. The van der Waals surface area contributed by atoms with Crippen LogP contribution in [-0.2, 0) is 29.0 Å². The minimum absolute atomic E-state index is 0.0104. The molecular formula is C25H24O5. The minimum Gasteiger partial charge on any atom is -0.481 e. The quantitative estimate of drug-likeness (QED) is 0.500. The molecule has 0 aromatic heterocycles. The fourth-order valence-electron chi connectivity index (χ4n) is 3.56. The van der Waals surface area contributed by atoms with Crippen LogP contribution in [0.5, 0.6) is 0 Å². The van der Waals surface area contributed by atoms with E-state index < -0.39 is 23.8 Å². The van der Waals surface area contributed by atoms with E-state index in [1.54, 1.807) is 0 Å². The van der Waals surface area contributed by atoms with E-state index in [2.05, 4.69) is 0 Å². The lowest BCUT2D eigenvalue weighted by Gasteiger charge is -2.21. The van der Waals surface area contributed by atoms with Crippen molar-refractivity contribution in [1.29, 1.82) is 0 Å². The number of aliphatic hydroxyl groups is 1. The number of hydrogen-bond acceptors (Lipinski definition) is 3. The maximum absolute atomic E-state index is 11.9. The Labute approximate surface area is 175 Å². The molecule has 0 saturated carbocycles. The monoisotopic (exact) mass is 404 g/mol. The molecule has 0 aliphatic carbocycles. The molecule has 0 radical (unpaired) electrons. The van der Waals surface area contributed by atoms with Crippen LogP contribution in [0.15, 0.2) is 78.9 Å². The Balaban J connectivity index is 1.78. The van der Waals surface area contributed by atoms with Crippen LogP contribution in [0.4, 0.5) is 0 Å². The van der Waals surface area contributed by atoms with Crippen molar-refractivity contribution in [2.24, 2.45) is 11.8 Å². The average Bonchev–Trinajstić information content (AvgIpc) is 2.77. The molecule has 3 N–H and O–H groups in total. The van der Waals surface area contributed by atoms with Crippen molar-refractivity contribution < 1.29 is 24.9 Å². The maximum atomic E-state index is 11.9. The average molecular weight is 404 g/mol. The largest absolute Gasteiger partial charge is 0.481 e. The Hall–Kier alpha value is -3.44. The van der Waals surface area contributed by atoms with E-state index in [1.807, 2.05) is 78.9 Å². The number of hydrogen-bond donors (Lipinski definition) is 3. The van der Waals surface area contributed by atoms with E-state index in [0.717, 1.165) is 27.8 Å². The zero-order valence-electron chi connectivity index (χ0n) is 16.4. The Morgan fingerprint density at radius 1 is 0.600 bits per heavy atom. The lowest BCUT2D eigenvalue weighted by atomic mass is 9.82. The molecule has 3 aromatic rings. The molecule has 5 nitrogen and oxygen atoms in total. The Bertz CT molecular complexity index is 978. The smallest absolute Gasteiger partial charge is 0.307 e. The predicted octanol–water partition coefficient (Wildman–Crippen LogP) is 4.03. The first kappa shape index (κ1) is 21.3. The van der Waals surface area contributed by atoms with E-state index in [9.17, 15) is 19.8 Å². The summed E-state index contributed by atoms with van der Waals surface area (Å²) in [4.78, 5) is 23.8. The van der Waals surface area contributed by atoms with Gasteiger partial charge in [0.05, 0.1) is 18.4 Å². The Morgan fingerprint density at radius 3 is 1.40 bits per heavy atom. The second-order valence-electron chi connectivity index (χ2n) is 7.34. The number of carboxylic acid groups (broad SMARTS) is 2. The summed E-state index contributed by atoms with van der Waals surface area (Å²) in [6, 6.07) is 24.1. The van der Waals surface area contributed by atoms with Gasteiger partial charge in [0.2, 0.25) is 0 Å². The fraction of sp³-hybridized carbons (Fsp3) is 0.200. The molecule has 0 heterocycles. The normalized spacial score (nSPS) is 12.8. The fourth-order valence-corrected chi connectivity index (χ4v) is 3.56. The zero-order chi connectivity index (χ0) is 21.5. The number of aliphatic carboxylic acids is 2. The summed E-state index contributed by atoms with van der Waals surface area (Å²) in [6.07, 6.45) is 0.311. The molecule has 3 aromatic carbocycles. The van der Waals surface area contributed by atoms with Crippen LogP contribution in [0.3, 0.4) is 0 Å². The number of carbonyl (C=O) groups is 2. The van der Waals surface area contributed by atoms with E-state index in [-0.39, 0.29) is 19.4 Å². The standard InChI is InChI=1S/C25H24O5/c26-16-19-8-12-21(13-9-19)20-10-6-18(7-11-20)15-23(25(29)30)22(24(27)28)14-17-4-2-1-3-5-17/h1-13,22-23,26H,14-16H2,(H,27,28)(H,29,30)/t22-,23-/m0/s1.